The van der Waals surface area contributed by atoms with Crippen molar-refractivity contribution >= 4 is 16.1 Å². The molecule has 0 bridgehead atoms. The molecule has 8 heteroatoms. The number of likely N-dealkylation sites (N-methyl/N-ethyl adjacent to an activating group) is 1. The van der Waals surface area contributed by atoms with Crippen LogP contribution in [0, 0.1) is 0 Å². The van der Waals surface area contributed by atoms with E-state index in [4.69, 9.17) is 0 Å². The lowest BCUT2D eigenvalue weighted by molar-refractivity contribution is -0.132. The van der Waals surface area contributed by atoms with Gasteiger partial charge in [-0.25, -0.2) is 9.44 Å². The largest absolute Gasteiger partial charge is 0.340 e. The Kier molecular flexibility index (Phi) is 7.42. The van der Waals surface area contributed by atoms with Gasteiger partial charge in [0, 0.05) is 45.7 Å². The van der Waals surface area contributed by atoms with Gasteiger partial charge in [0.15, 0.2) is 0 Å². The summed E-state index contributed by atoms with van der Waals surface area (Å²) in [6, 6.07) is 0. The van der Waals surface area contributed by atoms with Crippen molar-refractivity contribution in [2.24, 2.45) is 0 Å². The maximum atomic E-state index is 11.9. The van der Waals surface area contributed by atoms with Crippen LogP contribution in [0.1, 0.15) is 26.7 Å². The van der Waals surface area contributed by atoms with Crippen LogP contribution >= 0.6 is 0 Å². The van der Waals surface area contributed by atoms with Crippen LogP contribution in [0.25, 0.3) is 0 Å². The molecule has 0 spiro atoms. The van der Waals surface area contributed by atoms with Crippen molar-refractivity contribution < 1.29 is 13.2 Å². The second-order valence-electron chi connectivity index (χ2n) is 4.86. The third-order valence-electron chi connectivity index (χ3n) is 3.35. The van der Waals surface area contributed by atoms with Crippen LogP contribution in [-0.4, -0.2) is 69.9 Å². The fourth-order valence-electron chi connectivity index (χ4n) is 2.05. The van der Waals surface area contributed by atoms with E-state index in [1.807, 2.05) is 6.92 Å². The standard InChI is InChI=1S/C12H26N4O3S/c1-3-6-13-20(18,19)14-7-5-12(17)16-10-8-15(4-2)9-11-16/h13-14H,3-11H2,1-2H3. The lowest BCUT2D eigenvalue weighted by atomic mass is 10.3. The Bertz CT molecular complexity index is 392. The van der Waals surface area contributed by atoms with Crippen LogP contribution in [0.3, 0.4) is 0 Å². The van der Waals surface area contributed by atoms with Crippen molar-refractivity contribution in [3.63, 3.8) is 0 Å². The molecule has 7 nitrogen and oxygen atoms in total. The Labute approximate surface area is 121 Å². The topological polar surface area (TPSA) is 81.8 Å². The number of nitrogens with zero attached hydrogens (tertiary/aromatic N) is 2. The molecule has 0 aromatic rings. The number of amides is 1. The second kappa shape index (κ2) is 8.56. The summed E-state index contributed by atoms with van der Waals surface area (Å²) in [5, 5.41) is 0. The third kappa shape index (κ3) is 6.17. The first-order valence-electron chi connectivity index (χ1n) is 7.23. The Morgan fingerprint density at radius 3 is 2.20 bits per heavy atom. The van der Waals surface area contributed by atoms with Crippen LogP contribution in [0.5, 0.6) is 0 Å². The lowest BCUT2D eigenvalue weighted by Gasteiger charge is -2.34. The van der Waals surface area contributed by atoms with E-state index in [0.717, 1.165) is 39.1 Å². The molecule has 0 unspecified atom stereocenters. The summed E-state index contributed by atoms with van der Waals surface area (Å²) in [4.78, 5) is 16.0. The minimum atomic E-state index is -3.46. The molecule has 1 heterocycles. The smallest absolute Gasteiger partial charge is 0.276 e. The highest BCUT2D eigenvalue weighted by molar-refractivity contribution is 7.87. The summed E-state index contributed by atoms with van der Waals surface area (Å²) < 4.78 is 27.7. The quantitative estimate of drug-likeness (QED) is 0.626. The molecule has 0 saturated carbocycles. The number of rotatable bonds is 8. The van der Waals surface area contributed by atoms with Gasteiger partial charge in [-0.2, -0.15) is 8.42 Å². The Balaban J connectivity index is 2.23. The molecule has 0 aliphatic carbocycles. The van der Waals surface area contributed by atoms with Gasteiger partial charge in [0.25, 0.3) is 10.2 Å². The van der Waals surface area contributed by atoms with Crippen molar-refractivity contribution in [2.45, 2.75) is 26.7 Å². The average molecular weight is 306 g/mol. The molecule has 118 valence electrons. The third-order valence-corrected chi connectivity index (χ3v) is 4.51. The normalized spacial score (nSPS) is 17.4. The second-order valence-corrected chi connectivity index (χ2v) is 6.44. The van der Waals surface area contributed by atoms with Crippen molar-refractivity contribution in [3.8, 4) is 0 Å². The van der Waals surface area contributed by atoms with Crippen molar-refractivity contribution in [2.75, 3.05) is 45.8 Å². The van der Waals surface area contributed by atoms with E-state index in [1.54, 1.807) is 4.90 Å². The maximum Gasteiger partial charge on any atom is 0.276 e. The van der Waals surface area contributed by atoms with E-state index in [1.165, 1.54) is 0 Å². The van der Waals surface area contributed by atoms with Crippen LogP contribution in [0.4, 0.5) is 0 Å². The highest BCUT2D eigenvalue weighted by atomic mass is 32.2. The van der Waals surface area contributed by atoms with Gasteiger partial charge in [-0.05, 0) is 13.0 Å². The molecule has 0 atom stereocenters. The van der Waals surface area contributed by atoms with Crippen LogP contribution in [0.2, 0.25) is 0 Å². The summed E-state index contributed by atoms with van der Waals surface area (Å²) in [6.45, 7) is 8.80. The van der Waals surface area contributed by atoms with E-state index >= 15 is 0 Å². The predicted octanol–water partition coefficient (Wildman–Crippen LogP) is -0.625. The summed E-state index contributed by atoms with van der Waals surface area (Å²) in [5.74, 6) is 0.0129. The summed E-state index contributed by atoms with van der Waals surface area (Å²) >= 11 is 0. The number of hydrogen-bond acceptors (Lipinski definition) is 4. The first kappa shape index (κ1) is 17.4. The molecule has 1 rings (SSSR count). The number of carbonyl (C=O) groups is 1. The molecular formula is C12H26N4O3S. The first-order valence-corrected chi connectivity index (χ1v) is 8.71. The number of nitrogens with one attached hydrogen (secondary N) is 2. The van der Waals surface area contributed by atoms with E-state index in [2.05, 4.69) is 21.3 Å². The van der Waals surface area contributed by atoms with E-state index in [0.29, 0.717) is 6.54 Å². The Morgan fingerprint density at radius 2 is 1.65 bits per heavy atom. The lowest BCUT2D eigenvalue weighted by Crippen LogP contribution is -2.49. The van der Waals surface area contributed by atoms with Gasteiger partial charge in [-0.1, -0.05) is 13.8 Å². The highest BCUT2D eigenvalue weighted by Crippen LogP contribution is 2.03. The molecule has 0 aromatic heterocycles. The van der Waals surface area contributed by atoms with Crippen molar-refractivity contribution in [3.05, 3.63) is 0 Å². The zero-order chi connectivity index (χ0) is 15.0. The Morgan fingerprint density at radius 1 is 1.05 bits per heavy atom. The number of hydrogen-bond donors (Lipinski definition) is 2. The highest BCUT2D eigenvalue weighted by Gasteiger charge is 2.20. The molecule has 20 heavy (non-hydrogen) atoms. The van der Waals surface area contributed by atoms with Gasteiger partial charge < -0.3 is 9.80 Å². The zero-order valence-electron chi connectivity index (χ0n) is 12.4. The van der Waals surface area contributed by atoms with Crippen LogP contribution in [-0.2, 0) is 15.0 Å². The number of carbonyl (C=O) groups excluding carboxylic acids is 1. The van der Waals surface area contributed by atoms with E-state index in [-0.39, 0.29) is 18.9 Å². The molecule has 1 aliphatic rings. The van der Waals surface area contributed by atoms with Gasteiger partial charge in [0.05, 0.1) is 0 Å². The average Bonchev–Trinajstić information content (AvgIpc) is 2.45. The van der Waals surface area contributed by atoms with Crippen molar-refractivity contribution in [1.82, 2.24) is 19.2 Å². The van der Waals surface area contributed by atoms with E-state index < -0.39 is 10.2 Å². The van der Waals surface area contributed by atoms with Crippen molar-refractivity contribution in [1.29, 1.82) is 0 Å². The monoisotopic (exact) mass is 306 g/mol. The minimum Gasteiger partial charge on any atom is -0.340 e. The summed E-state index contributed by atoms with van der Waals surface area (Å²) in [5.41, 5.74) is 0. The molecule has 1 fully saturated rings. The minimum absolute atomic E-state index is 0.0129. The first-order chi connectivity index (χ1) is 9.48. The fraction of sp³-hybridized carbons (Fsp3) is 0.917. The van der Waals surface area contributed by atoms with Gasteiger partial charge in [-0.3, -0.25) is 4.79 Å². The zero-order valence-corrected chi connectivity index (χ0v) is 13.2. The molecule has 1 amide bonds. The number of piperazine rings is 1. The SMILES string of the molecule is CCCNS(=O)(=O)NCCC(=O)N1CCN(CC)CC1. The summed E-state index contributed by atoms with van der Waals surface area (Å²) in [7, 11) is -3.46. The van der Waals surface area contributed by atoms with Gasteiger partial charge in [0.1, 0.15) is 0 Å². The van der Waals surface area contributed by atoms with Crippen LogP contribution in [0.15, 0.2) is 0 Å². The molecule has 0 radical (unpaired) electrons. The van der Waals surface area contributed by atoms with Crippen LogP contribution < -0.4 is 9.44 Å². The van der Waals surface area contributed by atoms with Gasteiger partial charge in [-0.15, -0.1) is 0 Å². The molecule has 2 N–H and O–H groups in total. The van der Waals surface area contributed by atoms with Gasteiger partial charge in [0.2, 0.25) is 5.91 Å². The fourth-order valence-corrected chi connectivity index (χ4v) is 3.00. The summed E-state index contributed by atoms with van der Waals surface area (Å²) in [6.07, 6.45) is 0.945. The molecule has 1 saturated heterocycles. The molecule has 1 aliphatic heterocycles. The molecular weight excluding hydrogens is 280 g/mol. The van der Waals surface area contributed by atoms with Gasteiger partial charge >= 0.3 is 0 Å². The Hall–Kier alpha value is -0.700. The molecule has 0 aromatic carbocycles. The predicted molar refractivity (Wildman–Crippen MR) is 78.5 cm³/mol. The van der Waals surface area contributed by atoms with E-state index in [9.17, 15) is 13.2 Å². The maximum absolute atomic E-state index is 11.9.